The quantitative estimate of drug-likeness (QED) is 0.744. The van der Waals surface area contributed by atoms with Crippen molar-refractivity contribution in [1.82, 2.24) is 5.32 Å². The van der Waals surface area contributed by atoms with Crippen molar-refractivity contribution in [2.75, 3.05) is 13.2 Å². The normalized spacial score (nSPS) is 15.3. The molecule has 0 aromatic carbocycles. The van der Waals surface area contributed by atoms with E-state index in [0.29, 0.717) is 13.2 Å². The lowest BCUT2D eigenvalue weighted by molar-refractivity contribution is 0.00540. The van der Waals surface area contributed by atoms with Crippen LogP contribution in [0.25, 0.3) is 0 Å². The smallest absolute Gasteiger partial charge is 0.120 e. The lowest BCUT2D eigenvalue weighted by Gasteiger charge is -2.16. The average Bonchev–Trinajstić information content (AvgIpc) is 2.76. The Morgan fingerprint density at radius 2 is 2.19 bits per heavy atom. The third kappa shape index (κ3) is 4.79. The maximum absolute atomic E-state index is 9.63. The first-order valence-corrected chi connectivity index (χ1v) is 5.66. The molecule has 1 aromatic heterocycles. The first kappa shape index (κ1) is 13.2. The Hall–Kier alpha value is -0.840. The number of hydrogen-bond acceptors (Lipinski definition) is 4. The summed E-state index contributed by atoms with van der Waals surface area (Å²) in [5, 5.41) is 12.8. The van der Waals surface area contributed by atoms with E-state index in [1.54, 1.807) is 6.26 Å². The van der Waals surface area contributed by atoms with Crippen molar-refractivity contribution in [3.63, 3.8) is 0 Å². The molecule has 2 N–H and O–H groups in total. The summed E-state index contributed by atoms with van der Waals surface area (Å²) in [6, 6.07) is 3.87. The highest BCUT2D eigenvalue weighted by atomic mass is 16.5. The molecule has 4 heteroatoms. The SMILES string of the molecule is CC(C)OCC(O)CN[C@H](C)c1ccco1. The lowest BCUT2D eigenvalue weighted by atomic mass is 10.2. The van der Waals surface area contributed by atoms with E-state index in [1.807, 2.05) is 32.9 Å². The van der Waals surface area contributed by atoms with E-state index in [9.17, 15) is 5.11 Å². The summed E-state index contributed by atoms with van der Waals surface area (Å²) in [7, 11) is 0. The second kappa shape index (κ2) is 6.68. The van der Waals surface area contributed by atoms with Crippen LogP contribution in [-0.4, -0.2) is 30.5 Å². The van der Waals surface area contributed by atoms with Crippen LogP contribution >= 0.6 is 0 Å². The van der Waals surface area contributed by atoms with Crippen LogP contribution in [0.4, 0.5) is 0 Å². The third-order valence-corrected chi connectivity index (χ3v) is 2.25. The van der Waals surface area contributed by atoms with E-state index in [1.165, 1.54) is 0 Å². The van der Waals surface area contributed by atoms with Crippen LogP contribution in [0, 0.1) is 0 Å². The van der Waals surface area contributed by atoms with Crippen molar-refractivity contribution in [2.24, 2.45) is 0 Å². The second-order valence-electron chi connectivity index (χ2n) is 4.18. The van der Waals surface area contributed by atoms with E-state index >= 15 is 0 Å². The molecule has 0 saturated heterocycles. The molecule has 4 nitrogen and oxygen atoms in total. The van der Waals surface area contributed by atoms with Gasteiger partial charge in [-0.1, -0.05) is 0 Å². The van der Waals surface area contributed by atoms with Gasteiger partial charge in [0.05, 0.1) is 31.1 Å². The summed E-state index contributed by atoms with van der Waals surface area (Å²) >= 11 is 0. The zero-order valence-corrected chi connectivity index (χ0v) is 10.1. The molecule has 0 spiro atoms. The number of aliphatic hydroxyl groups excluding tert-OH is 1. The summed E-state index contributed by atoms with van der Waals surface area (Å²) in [5.41, 5.74) is 0. The van der Waals surface area contributed by atoms with Gasteiger partial charge in [-0.2, -0.15) is 0 Å². The van der Waals surface area contributed by atoms with Gasteiger partial charge in [-0.25, -0.2) is 0 Å². The summed E-state index contributed by atoms with van der Waals surface area (Å²) in [6.07, 6.45) is 1.31. The summed E-state index contributed by atoms with van der Waals surface area (Å²) in [4.78, 5) is 0. The number of hydrogen-bond donors (Lipinski definition) is 2. The summed E-state index contributed by atoms with van der Waals surface area (Å²) in [6.45, 7) is 6.75. The van der Waals surface area contributed by atoms with Gasteiger partial charge >= 0.3 is 0 Å². The molecule has 16 heavy (non-hydrogen) atoms. The number of rotatable bonds is 7. The van der Waals surface area contributed by atoms with E-state index < -0.39 is 6.10 Å². The van der Waals surface area contributed by atoms with Gasteiger partial charge < -0.3 is 19.6 Å². The van der Waals surface area contributed by atoms with Gasteiger partial charge in [0.1, 0.15) is 5.76 Å². The molecule has 0 amide bonds. The van der Waals surface area contributed by atoms with E-state index in [2.05, 4.69) is 5.32 Å². The Bertz CT molecular complexity index is 272. The summed E-state index contributed by atoms with van der Waals surface area (Å²) in [5.74, 6) is 0.872. The van der Waals surface area contributed by atoms with Gasteiger partial charge in [0, 0.05) is 6.54 Å². The van der Waals surface area contributed by atoms with Crippen LogP contribution in [0.15, 0.2) is 22.8 Å². The van der Waals surface area contributed by atoms with Crippen LogP contribution in [0.1, 0.15) is 32.6 Å². The Morgan fingerprint density at radius 3 is 2.75 bits per heavy atom. The number of nitrogens with one attached hydrogen (secondary N) is 1. The van der Waals surface area contributed by atoms with Gasteiger partial charge in [-0.3, -0.25) is 0 Å². The Labute approximate surface area is 96.6 Å². The average molecular weight is 227 g/mol. The first-order valence-electron chi connectivity index (χ1n) is 5.66. The first-order chi connectivity index (χ1) is 7.59. The highest BCUT2D eigenvalue weighted by molar-refractivity contribution is 5.02. The third-order valence-electron chi connectivity index (χ3n) is 2.25. The molecule has 0 radical (unpaired) electrons. The minimum Gasteiger partial charge on any atom is -0.468 e. The fourth-order valence-electron chi connectivity index (χ4n) is 1.31. The molecule has 0 bridgehead atoms. The van der Waals surface area contributed by atoms with Crippen LogP contribution in [0.2, 0.25) is 0 Å². The zero-order valence-electron chi connectivity index (χ0n) is 10.1. The highest BCUT2D eigenvalue weighted by Gasteiger charge is 2.11. The predicted octanol–water partition coefficient (Wildman–Crippen LogP) is 1.72. The van der Waals surface area contributed by atoms with Gasteiger partial charge in [0.15, 0.2) is 0 Å². The lowest BCUT2D eigenvalue weighted by Crippen LogP contribution is -2.32. The molecule has 92 valence electrons. The van der Waals surface area contributed by atoms with Crippen LogP contribution in [-0.2, 0) is 4.74 Å². The standard InChI is InChI=1S/C12H21NO3/c1-9(2)16-8-11(14)7-13-10(3)12-5-4-6-15-12/h4-6,9-11,13-14H,7-8H2,1-3H3/t10-,11?/m1/s1. The minimum absolute atomic E-state index is 0.101. The topological polar surface area (TPSA) is 54.6 Å². The van der Waals surface area contributed by atoms with Crippen LogP contribution < -0.4 is 5.32 Å². The Balaban J connectivity index is 2.19. The molecule has 1 aromatic rings. The van der Waals surface area contributed by atoms with Gasteiger partial charge in [0.25, 0.3) is 0 Å². The molecule has 2 atom stereocenters. The molecular weight excluding hydrogens is 206 g/mol. The summed E-state index contributed by atoms with van der Waals surface area (Å²) < 4.78 is 10.6. The van der Waals surface area contributed by atoms with Crippen molar-refractivity contribution in [3.8, 4) is 0 Å². The fourth-order valence-corrected chi connectivity index (χ4v) is 1.31. The number of ether oxygens (including phenoxy) is 1. The monoisotopic (exact) mass is 227 g/mol. The van der Waals surface area contributed by atoms with Crippen molar-refractivity contribution >= 4 is 0 Å². The molecular formula is C12H21NO3. The molecule has 0 aliphatic carbocycles. The van der Waals surface area contributed by atoms with Gasteiger partial charge in [-0.05, 0) is 32.9 Å². The maximum Gasteiger partial charge on any atom is 0.120 e. The molecule has 0 fully saturated rings. The van der Waals surface area contributed by atoms with Crippen LogP contribution in [0.5, 0.6) is 0 Å². The van der Waals surface area contributed by atoms with Crippen molar-refractivity contribution in [1.29, 1.82) is 0 Å². The molecule has 1 heterocycles. The Kier molecular flexibility index (Phi) is 5.52. The molecule has 1 rings (SSSR count). The largest absolute Gasteiger partial charge is 0.468 e. The maximum atomic E-state index is 9.63. The van der Waals surface area contributed by atoms with Crippen molar-refractivity contribution in [3.05, 3.63) is 24.2 Å². The van der Waals surface area contributed by atoms with Gasteiger partial charge in [-0.15, -0.1) is 0 Å². The molecule has 0 saturated carbocycles. The molecule has 0 aliphatic heterocycles. The number of aliphatic hydroxyl groups is 1. The predicted molar refractivity (Wildman–Crippen MR) is 62.2 cm³/mol. The van der Waals surface area contributed by atoms with Crippen LogP contribution in [0.3, 0.4) is 0 Å². The number of furan rings is 1. The second-order valence-corrected chi connectivity index (χ2v) is 4.18. The fraction of sp³-hybridized carbons (Fsp3) is 0.667. The Morgan fingerprint density at radius 1 is 1.44 bits per heavy atom. The van der Waals surface area contributed by atoms with E-state index in [0.717, 1.165) is 5.76 Å². The minimum atomic E-state index is -0.486. The van der Waals surface area contributed by atoms with E-state index in [4.69, 9.17) is 9.15 Å². The molecule has 0 aliphatic rings. The molecule has 1 unspecified atom stereocenters. The van der Waals surface area contributed by atoms with Gasteiger partial charge in [0.2, 0.25) is 0 Å². The van der Waals surface area contributed by atoms with Crippen molar-refractivity contribution < 1.29 is 14.3 Å². The van der Waals surface area contributed by atoms with E-state index in [-0.39, 0.29) is 12.1 Å². The highest BCUT2D eigenvalue weighted by Crippen LogP contribution is 2.11. The zero-order chi connectivity index (χ0) is 12.0. The van der Waals surface area contributed by atoms with Crippen molar-refractivity contribution in [2.45, 2.75) is 39.0 Å².